The molecule has 7 rings (SSSR count). The third-order valence-corrected chi connectivity index (χ3v) is 17.8. The molecule has 0 unspecified atom stereocenters. The van der Waals surface area contributed by atoms with Gasteiger partial charge in [0.15, 0.2) is 11.3 Å². The van der Waals surface area contributed by atoms with E-state index < -0.39 is 68.5 Å². The Kier molecular flexibility index (Phi) is 20.0. The summed E-state index contributed by atoms with van der Waals surface area (Å²) in [5.41, 5.74) is 4.13. The summed E-state index contributed by atoms with van der Waals surface area (Å²) in [6, 6.07) is 21.0. The molecule has 0 aliphatic heterocycles. The number of aromatic nitrogens is 2. The highest BCUT2D eigenvalue weighted by Gasteiger charge is 2.25. The molecule has 2 aromatic heterocycles. The van der Waals surface area contributed by atoms with Crippen LogP contribution in [0.3, 0.4) is 0 Å². The molecule has 432 valence electrons. The van der Waals surface area contributed by atoms with Gasteiger partial charge < -0.3 is 9.84 Å². The number of ether oxygens (including phenoxy) is 1. The highest BCUT2D eigenvalue weighted by atomic mass is 35.5. The van der Waals surface area contributed by atoms with Crippen LogP contribution in [-0.2, 0) is 40.5 Å². The van der Waals surface area contributed by atoms with Gasteiger partial charge in [0.25, 0.3) is 40.5 Å². The first-order valence-electron chi connectivity index (χ1n) is 24.2. The standard InChI is InChI=1S/C50H50ClN11O14S6/c1-28-21-40(58-61-47-31(4)35(27-52)49-53-36-13-14-46(82(73,74)75)32(5)48(36)62(49)50(47)63)43(76-15-6-18-79(64,65)66)24-37(28)56-59-41-23-30(3)39(26-45(41)78-17-8-20-81(70,71)72)57-60-42-22-29(2)38(55-54-34-11-9-33(51)10-12-34)25-44(42)77-16-7-19-80(67,68)69/h9-14,21-26,63H,6-8,15-20H2,1-5H3,(H,64,65,66)(H,67,68,69)(H,70,71,72)(H,73,74,75). The Morgan fingerprint density at radius 1 is 0.598 bits per heavy atom. The molecule has 25 nitrogen and oxygen atoms in total. The average Bonchev–Trinajstić information content (AvgIpc) is 1.97. The van der Waals surface area contributed by atoms with Gasteiger partial charge in [-0.1, -0.05) is 11.6 Å². The topological polar surface area (TPSA) is 387 Å². The minimum Gasteiger partial charge on any atom is -0.493 e. The van der Waals surface area contributed by atoms with E-state index in [0.29, 0.717) is 59.9 Å². The fourth-order valence-corrected chi connectivity index (χ4v) is 12.5. The van der Waals surface area contributed by atoms with E-state index in [-0.39, 0.29) is 93.6 Å². The molecule has 0 atom stereocenters. The van der Waals surface area contributed by atoms with E-state index in [1.165, 1.54) is 55.6 Å². The number of halogens is 1. The predicted molar refractivity (Wildman–Crippen MR) is 310 cm³/mol. The fourth-order valence-electron chi connectivity index (χ4n) is 7.88. The van der Waals surface area contributed by atoms with Gasteiger partial charge in [0.2, 0.25) is 5.88 Å². The van der Waals surface area contributed by atoms with Crippen molar-refractivity contribution >= 4 is 138 Å². The summed E-state index contributed by atoms with van der Waals surface area (Å²) >= 11 is 8.49. The first-order valence-corrected chi connectivity index (χ1v) is 32.8. The minimum atomic E-state index is -4.72. The Balaban J connectivity index is 1.27. The van der Waals surface area contributed by atoms with Crippen molar-refractivity contribution in [3.63, 3.8) is 0 Å². The van der Waals surface area contributed by atoms with E-state index in [1.54, 1.807) is 69.3 Å². The third kappa shape index (κ3) is 16.5. The molecule has 0 amide bonds. The van der Waals surface area contributed by atoms with E-state index in [9.17, 15) is 62.3 Å². The van der Waals surface area contributed by atoms with Crippen LogP contribution in [0.5, 0.6) is 11.6 Å². The third-order valence-electron chi connectivity index (χ3n) is 11.9. The quantitative estimate of drug-likeness (QED) is 0.0162. The number of aromatic hydroxyl groups is 1. The molecule has 82 heavy (non-hydrogen) atoms. The molecule has 0 bridgehead atoms. The lowest BCUT2D eigenvalue weighted by molar-refractivity contribution is 0.317. The molecule has 0 fully saturated rings. The van der Waals surface area contributed by atoms with Crippen LogP contribution in [0, 0.1) is 45.9 Å². The monoisotopic (exact) mass is 1260 g/mol. The summed E-state index contributed by atoms with van der Waals surface area (Å²) in [6.07, 6.45) is 0.00436. The highest BCUT2D eigenvalue weighted by molar-refractivity contribution is 7.99. The van der Waals surface area contributed by atoms with Crippen molar-refractivity contribution in [2.24, 2.45) is 40.9 Å². The van der Waals surface area contributed by atoms with Gasteiger partial charge in [0, 0.05) is 26.4 Å². The van der Waals surface area contributed by atoms with Crippen LogP contribution in [0.25, 0.3) is 16.7 Å². The Hall–Kier alpha value is -6.83. The molecular formula is C50H50ClN11O14S6. The maximum absolute atomic E-state index is 12.2. The first-order chi connectivity index (χ1) is 38.5. The number of azo groups is 4. The Labute approximate surface area is 484 Å². The molecule has 0 spiro atoms. The number of nitrogens with zero attached hydrogens (tertiary/aromatic N) is 11. The van der Waals surface area contributed by atoms with E-state index in [4.69, 9.17) is 16.3 Å². The molecule has 0 aliphatic carbocycles. The van der Waals surface area contributed by atoms with Gasteiger partial charge in [0.1, 0.15) is 23.1 Å². The second-order valence-electron chi connectivity index (χ2n) is 18.1. The lowest BCUT2D eigenvalue weighted by Gasteiger charge is -2.12. The number of hydrogen-bond donors (Lipinski definition) is 5. The van der Waals surface area contributed by atoms with E-state index in [2.05, 4.69) is 45.9 Å². The zero-order valence-electron chi connectivity index (χ0n) is 43.9. The van der Waals surface area contributed by atoms with Gasteiger partial charge >= 0.3 is 0 Å². The summed E-state index contributed by atoms with van der Waals surface area (Å²) in [4.78, 5) is 5.03. The van der Waals surface area contributed by atoms with E-state index in [0.717, 1.165) is 10.5 Å². The summed E-state index contributed by atoms with van der Waals surface area (Å²) < 4.78 is 139. The van der Waals surface area contributed by atoms with Crippen molar-refractivity contribution in [1.82, 2.24) is 9.38 Å². The van der Waals surface area contributed by atoms with Crippen LogP contribution in [0.2, 0.25) is 5.02 Å². The number of fused-ring (bicyclic) bond motifs is 3. The normalized spacial score (nSPS) is 12.8. The van der Waals surface area contributed by atoms with Crippen LogP contribution < -0.4 is 4.74 Å². The Morgan fingerprint density at radius 3 is 1.59 bits per heavy atom. The maximum atomic E-state index is 12.2. The summed E-state index contributed by atoms with van der Waals surface area (Å²) in [6.45, 7) is 7.80. The molecule has 5 aromatic carbocycles. The number of aryl methyl sites for hydroxylation is 4. The number of thioether (sulfide) groups is 2. The first kappa shape index (κ1) is 62.8. The van der Waals surface area contributed by atoms with Gasteiger partial charge in [-0.25, -0.2) is 4.98 Å². The molecule has 5 N–H and O–H groups in total. The SMILES string of the molecule is Cc1cc(N=Nc2cc(SCCCS(=O)(=O)O)c(N=Nc3cc(OCCCS(=O)(=O)O)c(N=Nc4c(C)c(C#N)c5nc6ccc(S(=O)(=O)O)c(C)c6n5c4O)cc3C)cc2C)c(SCCCS(=O)(=O)O)cc1N=Nc1ccc(Cl)cc1. The van der Waals surface area contributed by atoms with Crippen molar-refractivity contribution in [3.8, 4) is 17.7 Å². The Bertz CT molecular complexity index is 4290. The van der Waals surface area contributed by atoms with Crippen molar-refractivity contribution < 1.29 is 61.7 Å². The number of imidazole rings is 1. The zero-order valence-corrected chi connectivity index (χ0v) is 49.6. The largest absolute Gasteiger partial charge is 0.493 e. The van der Waals surface area contributed by atoms with Crippen molar-refractivity contribution in [2.45, 2.75) is 68.6 Å². The fraction of sp³-hybridized carbons (Fsp3) is 0.280. The van der Waals surface area contributed by atoms with Crippen LogP contribution in [-0.4, -0.2) is 102 Å². The number of hydrogen-bond acceptors (Lipinski definition) is 22. The molecule has 0 saturated heterocycles. The van der Waals surface area contributed by atoms with Crippen molar-refractivity contribution in [2.75, 3.05) is 35.4 Å². The summed E-state index contributed by atoms with van der Waals surface area (Å²) in [7, 11) is -17.6. The van der Waals surface area contributed by atoms with E-state index >= 15 is 0 Å². The van der Waals surface area contributed by atoms with Gasteiger partial charge in [-0.05, 0) is 154 Å². The summed E-state index contributed by atoms with van der Waals surface area (Å²) in [5, 5.41) is 58.2. The molecule has 32 heteroatoms. The average molecular weight is 1260 g/mol. The van der Waals surface area contributed by atoms with Gasteiger partial charge in [-0.15, -0.1) is 44.0 Å². The zero-order chi connectivity index (χ0) is 59.9. The number of pyridine rings is 1. The minimum absolute atomic E-state index is 0.0170. The predicted octanol–water partition coefficient (Wildman–Crippen LogP) is 13.6. The highest BCUT2D eigenvalue weighted by Crippen LogP contribution is 2.44. The molecule has 0 saturated carbocycles. The second-order valence-corrected chi connectivity index (χ2v) is 27.0. The number of benzene rings is 5. The molecular weight excluding hydrogens is 1210 g/mol. The lowest BCUT2D eigenvalue weighted by atomic mass is 10.1. The molecule has 2 heterocycles. The summed E-state index contributed by atoms with van der Waals surface area (Å²) in [5.74, 6) is -1.76. The second kappa shape index (κ2) is 26.2. The van der Waals surface area contributed by atoms with Gasteiger partial charge in [0.05, 0.1) is 73.9 Å². The number of rotatable bonds is 24. The van der Waals surface area contributed by atoms with Crippen molar-refractivity contribution in [3.05, 3.63) is 111 Å². The van der Waals surface area contributed by atoms with E-state index in [1.807, 2.05) is 6.07 Å². The van der Waals surface area contributed by atoms with Crippen LogP contribution in [0.4, 0.5) is 45.5 Å². The Morgan fingerprint density at radius 2 is 1.07 bits per heavy atom. The van der Waals surface area contributed by atoms with Gasteiger partial charge in [-0.2, -0.15) is 59.4 Å². The van der Waals surface area contributed by atoms with Gasteiger partial charge in [-0.3, -0.25) is 22.6 Å². The van der Waals surface area contributed by atoms with Crippen molar-refractivity contribution in [1.29, 1.82) is 5.26 Å². The number of nitriles is 1. The van der Waals surface area contributed by atoms with Crippen LogP contribution in [0.15, 0.2) is 128 Å². The smallest absolute Gasteiger partial charge is 0.294 e. The lowest BCUT2D eigenvalue weighted by Crippen LogP contribution is -2.08. The van der Waals surface area contributed by atoms with Crippen LogP contribution >= 0.6 is 35.1 Å². The maximum Gasteiger partial charge on any atom is 0.294 e. The molecule has 7 aromatic rings. The molecule has 0 radical (unpaired) electrons. The molecule has 0 aliphatic rings. The van der Waals surface area contributed by atoms with Crippen LogP contribution in [0.1, 0.15) is 52.6 Å².